The molecule has 0 saturated carbocycles. The van der Waals surface area contributed by atoms with E-state index in [1.54, 1.807) is 12.1 Å². The van der Waals surface area contributed by atoms with Gasteiger partial charge in [-0.15, -0.1) is 0 Å². The number of Topliss-reactive ketones (excluding diaryl/α,β-unsaturated/α-hetero) is 2. The third-order valence-corrected chi connectivity index (χ3v) is 10.6. The maximum absolute atomic E-state index is 14.4. The van der Waals surface area contributed by atoms with Gasteiger partial charge in [-0.05, 0) is 81.4 Å². The van der Waals surface area contributed by atoms with Crippen LogP contribution in [0.25, 0.3) is 0 Å². The van der Waals surface area contributed by atoms with Crippen molar-refractivity contribution in [2.75, 3.05) is 19.6 Å². The second-order valence-corrected chi connectivity index (χ2v) is 16.6. The summed E-state index contributed by atoms with van der Waals surface area (Å²) in [6, 6.07) is 3.33. The number of phenolic OH excluding ortho intramolecular Hbond substituents is 1. The lowest BCUT2D eigenvalue weighted by molar-refractivity contribution is -0.135. The summed E-state index contributed by atoms with van der Waals surface area (Å²) < 4.78 is 0. The Morgan fingerprint density at radius 3 is 1.55 bits per heavy atom. The standard InChI is InChI=1S/C43H71N15O7/c1-4-27(19-26-11-13-31(59)14-12-26)38(63)56-33(10-7-17-54-43(49)50)36(61)22-29(20-30-23-51-24-55-30)40(65)57-32(9-6-16-53-42(47)48)35(60)21-28(8-5-15-52-41(45)46)39(64)58-34(37(44)62)18-25(2)3/h11-14,23-25,27-29,32-34,59H,4-10,15-22H2,1-3H3,(H2,44,62)(H,51,55)(H,56,63)(H,57,65)(H,58,64)(H4,45,46,52)(H4,47,48,53)(H4,49,50,54)/t27-,28+,29+,32-,33-,34-/m0/s1. The number of rotatable bonds is 32. The van der Waals surface area contributed by atoms with Gasteiger partial charge < -0.3 is 66.2 Å². The Bertz CT molecular complexity index is 1910. The van der Waals surface area contributed by atoms with E-state index in [-0.39, 0.29) is 106 Å². The molecule has 0 spiro atoms. The molecule has 4 amide bonds. The van der Waals surface area contributed by atoms with Crippen LogP contribution in [-0.4, -0.2) is 106 Å². The molecule has 2 aromatic rings. The minimum Gasteiger partial charge on any atom is -0.508 e. The topological polar surface area (TPSA) is 407 Å². The van der Waals surface area contributed by atoms with Crippen LogP contribution < -0.4 is 56.1 Å². The summed E-state index contributed by atoms with van der Waals surface area (Å²) in [5.74, 6) is -6.13. The molecule has 360 valence electrons. The summed E-state index contributed by atoms with van der Waals surface area (Å²) in [5, 5.41) is 18.2. The Morgan fingerprint density at radius 1 is 0.646 bits per heavy atom. The molecule has 0 aliphatic rings. The van der Waals surface area contributed by atoms with Gasteiger partial charge in [0.15, 0.2) is 29.4 Å². The number of imidazole rings is 1. The van der Waals surface area contributed by atoms with Gasteiger partial charge in [0.25, 0.3) is 0 Å². The zero-order chi connectivity index (χ0) is 48.5. The fourth-order valence-electron chi connectivity index (χ4n) is 7.12. The number of nitrogens with one attached hydrogen (secondary N) is 4. The fourth-order valence-corrected chi connectivity index (χ4v) is 7.12. The van der Waals surface area contributed by atoms with Crippen molar-refractivity contribution < 1.29 is 33.9 Å². The minimum absolute atomic E-state index is 0.0137. The van der Waals surface area contributed by atoms with Crippen LogP contribution in [0, 0.1) is 23.7 Å². The van der Waals surface area contributed by atoms with E-state index in [1.807, 2.05) is 20.8 Å². The smallest absolute Gasteiger partial charge is 0.240 e. The number of amides is 4. The van der Waals surface area contributed by atoms with Gasteiger partial charge in [0.05, 0.1) is 24.3 Å². The molecule has 6 atom stereocenters. The molecule has 0 aliphatic heterocycles. The zero-order valence-corrected chi connectivity index (χ0v) is 37.8. The number of aromatic hydroxyl groups is 1. The van der Waals surface area contributed by atoms with Crippen LogP contribution >= 0.6 is 0 Å². The first-order valence-corrected chi connectivity index (χ1v) is 22.0. The minimum atomic E-state index is -1.16. The molecule has 65 heavy (non-hydrogen) atoms. The van der Waals surface area contributed by atoms with Crippen LogP contribution in [0.1, 0.15) is 96.2 Å². The maximum Gasteiger partial charge on any atom is 0.240 e. The average molecular weight is 910 g/mol. The van der Waals surface area contributed by atoms with Gasteiger partial charge in [-0.2, -0.15) is 0 Å². The molecular formula is C43H71N15O7. The Hall–Kier alpha value is -6.74. The first-order chi connectivity index (χ1) is 30.8. The third kappa shape index (κ3) is 21.9. The van der Waals surface area contributed by atoms with Crippen LogP contribution in [0.5, 0.6) is 5.75 Å². The molecule has 1 aromatic carbocycles. The normalized spacial score (nSPS) is 13.8. The van der Waals surface area contributed by atoms with Crippen molar-refractivity contribution in [2.45, 2.75) is 116 Å². The van der Waals surface area contributed by atoms with E-state index in [1.165, 1.54) is 24.7 Å². The summed E-state index contributed by atoms with van der Waals surface area (Å²) in [6.45, 7) is 6.07. The Balaban J connectivity index is 2.46. The first-order valence-electron chi connectivity index (χ1n) is 22.0. The van der Waals surface area contributed by atoms with Gasteiger partial charge in [-0.25, -0.2) is 4.98 Å². The lowest BCUT2D eigenvalue weighted by atomic mass is 9.89. The van der Waals surface area contributed by atoms with Crippen molar-refractivity contribution in [3.8, 4) is 5.75 Å². The molecule has 0 aliphatic carbocycles. The molecule has 1 aromatic heterocycles. The van der Waals surface area contributed by atoms with Gasteiger partial charge in [-0.1, -0.05) is 32.9 Å². The molecule has 0 radical (unpaired) electrons. The van der Waals surface area contributed by atoms with E-state index < -0.39 is 65.2 Å². The van der Waals surface area contributed by atoms with E-state index in [4.69, 9.17) is 40.1 Å². The second-order valence-electron chi connectivity index (χ2n) is 16.6. The number of ketones is 2. The van der Waals surface area contributed by atoms with E-state index >= 15 is 0 Å². The van der Waals surface area contributed by atoms with Crippen LogP contribution in [-0.2, 0) is 41.6 Å². The van der Waals surface area contributed by atoms with Gasteiger partial charge in [0.1, 0.15) is 11.8 Å². The van der Waals surface area contributed by atoms with Crippen molar-refractivity contribution in [3.63, 3.8) is 0 Å². The van der Waals surface area contributed by atoms with Gasteiger partial charge in [0.2, 0.25) is 23.6 Å². The van der Waals surface area contributed by atoms with E-state index in [9.17, 15) is 33.9 Å². The largest absolute Gasteiger partial charge is 0.508 e. The zero-order valence-electron chi connectivity index (χ0n) is 37.8. The lowest BCUT2D eigenvalue weighted by Crippen LogP contribution is -2.49. The first kappa shape index (κ1) is 54.4. The van der Waals surface area contributed by atoms with Gasteiger partial charge >= 0.3 is 0 Å². The number of carbonyl (C=O) groups excluding carboxylic acids is 6. The van der Waals surface area contributed by atoms with Crippen LogP contribution in [0.2, 0.25) is 0 Å². The van der Waals surface area contributed by atoms with Crippen molar-refractivity contribution in [2.24, 2.45) is 78.8 Å². The number of carbonyl (C=O) groups is 6. The molecule has 22 heteroatoms. The van der Waals surface area contributed by atoms with Crippen molar-refractivity contribution >= 4 is 53.1 Å². The van der Waals surface area contributed by atoms with E-state index in [2.05, 4.69) is 40.9 Å². The van der Waals surface area contributed by atoms with Crippen LogP contribution in [0.4, 0.5) is 0 Å². The second kappa shape index (κ2) is 28.8. The third-order valence-electron chi connectivity index (χ3n) is 10.6. The highest BCUT2D eigenvalue weighted by Crippen LogP contribution is 2.21. The molecule has 22 nitrogen and oxygen atoms in total. The van der Waals surface area contributed by atoms with Gasteiger partial charge in [-0.3, -0.25) is 43.7 Å². The Labute approximate surface area is 380 Å². The molecule has 0 saturated heterocycles. The molecular weight excluding hydrogens is 839 g/mol. The number of hydrogen-bond acceptors (Lipinski definition) is 11. The number of nitrogens with two attached hydrogens (primary N) is 7. The number of benzene rings is 1. The number of hydrogen-bond donors (Lipinski definition) is 12. The summed E-state index contributed by atoms with van der Waals surface area (Å²) in [6.07, 6.45) is 4.60. The number of aromatic amines is 1. The summed E-state index contributed by atoms with van der Waals surface area (Å²) in [5.41, 5.74) is 40.1. The highest BCUT2D eigenvalue weighted by Gasteiger charge is 2.34. The molecule has 1 heterocycles. The molecule has 19 N–H and O–H groups in total. The monoisotopic (exact) mass is 910 g/mol. The quantitative estimate of drug-likeness (QED) is 0.0244. The van der Waals surface area contributed by atoms with Crippen LogP contribution in [0.3, 0.4) is 0 Å². The molecule has 0 bridgehead atoms. The average Bonchev–Trinajstić information content (AvgIpc) is 3.75. The molecule has 2 rings (SSSR count). The predicted molar refractivity (Wildman–Crippen MR) is 248 cm³/mol. The predicted octanol–water partition coefficient (Wildman–Crippen LogP) is -0.776. The molecule has 0 unspecified atom stereocenters. The number of phenols is 1. The summed E-state index contributed by atoms with van der Waals surface area (Å²) in [4.78, 5) is 102. The number of primary amides is 1. The Morgan fingerprint density at radius 2 is 1.11 bits per heavy atom. The van der Waals surface area contributed by atoms with Crippen molar-refractivity contribution in [3.05, 3.63) is 48.0 Å². The number of guanidine groups is 3. The Kier molecular flexibility index (Phi) is 24.1. The fraction of sp³-hybridized carbons (Fsp3) is 0.581. The summed E-state index contributed by atoms with van der Waals surface area (Å²) in [7, 11) is 0. The molecule has 0 fully saturated rings. The highest BCUT2D eigenvalue weighted by atomic mass is 16.3. The maximum atomic E-state index is 14.4. The van der Waals surface area contributed by atoms with Crippen molar-refractivity contribution in [1.82, 2.24) is 25.9 Å². The number of aromatic nitrogens is 2. The van der Waals surface area contributed by atoms with Crippen LogP contribution in [0.15, 0.2) is 51.8 Å². The summed E-state index contributed by atoms with van der Waals surface area (Å²) >= 11 is 0. The highest BCUT2D eigenvalue weighted by molar-refractivity contribution is 5.96. The number of aliphatic imine (C=N–C) groups is 3. The van der Waals surface area contributed by atoms with Crippen molar-refractivity contribution in [1.29, 1.82) is 0 Å². The lowest BCUT2D eigenvalue weighted by Gasteiger charge is -2.26. The number of H-pyrrole nitrogens is 1. The van der Waals surface area contributed by atoms with E-state index in [0.29, 0.717) is 31.4 Å². The van der Waals surface area contributed by atoms with Gasteiger partial charge in [0, 0.05) is 62.6 Å². The van der Waals surface area contributed by atoms with E-state index in [0.717, 1.165) is 5.56 Å². The number of nitrogens with zero attached hydrogens (tertiary/aromatic N) is 4. The SMILES string of the molecule is CC[C@@H](Cc1ccc(O)cc1)C(=O)N[C@@H](CCCN=C(N)N)C(=O)C[C@@H](Cc1cnc[nH]1)C(=O)N[C@@H](CCCN=C(N)N)C(=O)C[C@@H](CCCN=C(N)N)C(=O)N[C@@H](CC(C)C)C(N)=O.